The smallest absolute Gasteiger partial charge is 0.237 e. The molecule has 2 N–H and O–H groups in total. The van der Waals surface area contributed by atoms with E-state index < -0.39 is 0 Å². The van der Waals surface area contributed by atoms with Crippen LogP contribution in [-0.2, 0) is 9.59 Å². The lowest BCUT2D eigenvalue weighted by Crippen LogP contribution is -2.48. The number of amides is 2. The van der Waals surface area contributed by atoms with Gasteiger partial charge in [0, 0.05) is 25.0 Å². The zero-order valence-electron chi connectivity index (χ0n) is 14.4. The molecule has 2 saturated heterocycles. The fraction of sp³-hybridized carbons (Fsp3) is 0.889. The van der Waals surface area contributed by atoms with Crippen LogP contribution in [0.25, 0.3) is 0 Å². The second-order valence-electron chi connectivity index (χ2n) is 7.68. The van der Waals surface area contributed by atoms with Gasteiger partial charge >= 0.3 is 0 Å². The molecule has 2 atom stereocenters. The predicted octanol–water partition coefficient (Wildman–Crippen LogP) is 1.67. The number of rotatable bonds is 6. The summed E-state index contributed by atoms with van der Waals surface area (Å²) in [5, 5.41) is 6.33. The van der Waals surface area contributed by atoms with Crippen molar-refractivity contribution in [2.45, 2.75) is 64.3 Å². The molecule has 3 aliphatic rings. The van der Waals surface area contributed by atoms with Crippen LogP contribution in [-0.4, -0.2) is 48.9 Å². The molecule has 3 fully saturated rings. The molecule has 2 unspecified atom stereocenters. The topological polar surface area (TPSA) is 61.4 Å². The van der Waals surface area contributed by atoms with E-state index >= 15 is 0 Å². The van der Waals surface area contributed by atoms with Crippen LogP contribution >= 0.6 is 0 Å². The van der Waals surface area contributed by atoms with Crippen molar-refractivity contribution in [1.29, 1.82) is 0 Å². The van der Waals surface area contributed by atoms with Crippen molar-refractivity contribution in [3.63, 3.8) is 0 Å². The molecule has 0 aromatic carbocycles. The summed E-state index contributed by atoms with van der Waals surface area (Å²) in [7, 11) is 0. The Morgan fingerprint density at radius 2 is 2.09 bits per heavy atom. The molecule has 5 heteroatoms. The Labute approximate surface area is 139 Å². The Bertz CT molecular complexity index is 442. The van der Waals surface area contributed by atoms with Gasteiger partial charge in [0.15, 0.2) is 0 Å². The van der Waals surface area contributed by atoms with Gasteiger partial charge in [0.25, 0.3) is 0 Å². The Morgan fingerprint density at radius 3 is 2.74 bits per heavy atom. The van der Waals surface area contributed by atoms with Gasteiger partial charge in [0.05, 0.1) is 6.04 Å². The van der Waals surface area contributed by atoms with Crippen LogP contribution < -0.4 is 10.6 Å². The molecule has 2 amide bonds. The van der Waals surface area contributed by atoms with E-state index in [1.165, 1.54) is 0 Å². The molecule has 0 radical (unpaired) electrons. The van der Waals surface area contributed by atoms with Crippen LogP contribution in [0.3, 0.4) is 0 Å². The van der Waals surface area contributed by atoms with Gasteiger partial charge in [-0.25, -0.2) is 0 Å². The molecule has 0 aromatic rings. The lowest BCUT2D eigenvalue weighted by atomic mass is 9.93. The summed E-state index contributed by atoms with van der Waals surface area (Å²) >= 11 is 0. The fourth-order valence-corrected chi connectivity index (χ4v) is 4.23. The highest BCUT2D eigenvalue weighted by molar-refractivity contribution is 5.85. The monoisotopic (exact) mass is 321 g/mol. The number of nitrogens with one attached hydrogen (secondary N) is 2. The van der Waals surface area contributed by atoms with Crippen LogP contribution in [0, 0.1) is 11.3 Å². The molecule has 23 heavy (non-hydrogen) atoms. The van der Waals surface area contributed by atoms with Crippen molar-refractivity contribution < 1.29 is 9.59 Å². The maximum absolute atomic E-state index is 12.8. The summed E-state index contributed by atoms with van der Waals surface area (Å²) in [6.07, 6.45) is 8.49. The van der Waals surface area contributed by atoms with E-state index in [0.717, 1.165) is 71.0 Å². The standard InChI is InChI=1S/C18H31N3O2/c1-2-7-18(8-9-18)17(23)21-11-4-5-14(13-21)12-20-16(22)15-6-3-10-19-15/h14-15,19H,2-13H2,1H3,(H,20,22). The van der Waals surface area contributed by atoms with Crippen molar-refractivity contribution >= 4 is 11.8 Å². The average Bonchev–Trinajstić information content (AvgIpc) is 3.14. The molecule has 0 bridgehead atoms. The van der Waals surface area contributed by atoms with Crippen molar-refractivity contribution in [1.82, 2.24) is 15.5 Å². The van der Waals surface area contributed by atoms with Crippen molar-refractivity contribution in [2.75, 3.05) is 26.2 Å². The number of hydrogen-bond donors (Lipinski definition) is 2. The van der Waals surface area contributed by atoms with Gasteiger partial charge in [-0.2, -0.15) is 0 Å². The van der Waals surface area contributed by atoms with Crippen LogP contribution in [0.15, 0.2) is 0 Å². The van der Waals surface area contributed by atoms with Crippen LogP contribution in [0.2, 0.25) is 0 Å². The zero-order valence-corrected chi connectivity index (χ0v) is 14.4. The van der Waals surface area contributed by atoms with E-state index in [2.05, 4.69) is 22.5 Å². The van der Waals surface area contributed by atoms with Gasteiger partial charge in [-0.15, -0.1) is 0 Å². The summed E-state index contributed by atoms with van der Waals surface area (Å²) in [5.41, 5.74) is -0.0202. The molecule has 1 saturated carbocycles. The van der Waals surface area contributed by atoms with E-state index in [4.69, 9.17) is 0 Å². The largest absolute Gasteiger partial charge is 0.354 e. The number of carbonyl (C=O) groups is 2. The Morgan fingerprint density at radius 1 is 1.26 bits per heavy atom. The normalized spacial score (nSPS) is 29.3. The summed E-state index contributed by atoms with van der Waals surface area (Å²) in [5.74, 6) is 0.930. The van der Waals surface area contributed by atoms with Gasteiger partial charge in [0.2, 0.25) is 11.8 Å². The Kier molecular flexibility index (Phi) is 5.24. The predicted molar refractivity (Wildman–Crippen MR) is 89.9 cm³/mol. The highest BCUT2D eigenvalue weighted by atomic mass is 16.2. The molecule has 0 spiro atoms. The average molecular weight is 321 g/mol. The maximum Gasteiger partial charge on any atom is 0.237 e. The fourth-order valence-electron chi connectivity index (χ4n) is 4.23. The molecular weight excluding hydrogens is 290 g/mol. The van der Waals surface area contributed by atoms with Gasteiger partial charge < -0.3 is 15.5 Å². The van der Waals surface area contributed by atoms with E-state index in [1.807, 2.05) is 0 Å². The molecule has 3 rings (SSSR count). The van der Waals surface area contributed by atoms with Gasteiger partial charge in [-0.3, -0.25) is 9.59 Å². The van der Waals surface area contributed by atoms with E-state index in [1.54, 1.807) is 0 Å². The van der Waals surface area contributed by atoms with E-state index in [0.29, 0.717) is 18.4 Å². The number of nitrogens with zero attached hydrogens (tertiary/aromatic N) is 1. The first-order chi connectivity index (χ1) is 11.1. The van der Waals surface area contributed by atoms with Crippen molar-refractivity contribution in [2.24, 2.45) is 11.3 Å². The third kappa shape index (κ3) is 3.87. The van der Waals surface area contributed by atoms with Crippen molar-refractivity contribution in [3.05, 3.63) is 0 Å². The van der Waals surface area contributed by atoms with Crippen LogP contribution in [0.5, 0.6) is 0 Å². The maximum atomic E-state index is 12.8. The Balaban J connectivity index is 1.46. The van der Waals surface area contributed by atoms with Gasteiger partial charge in [-0.1, -0.05) is 13.3 Å². The summed E-state index contributed by atoms with van der Waals surface area (Å²) in [4.78, 5) is 27.0. The minimum Gasteiger partial charge on any atom is -0.354 e. The molecule has 1 aliphatic carbocycles. The van der Waals surface area contributed by atoms with Gasteiger partial charge in [0.1, 0.15) is 0 Å². The first kappa shape index (κ1) is 16.7. The lowest BCUT2D eigenvalue weighted by molar-refractivity contribution is -0.139. The highest BCUT2D eigenvalue weighted by Gasteiger charge is 2.50. The minimum atomic E-state index is -0.0202. The first-order valence-corrected chi connectivity index (χ1v) is 9.45. The number of carbonyl (C=O) groups excluding carboxylic acids is 2. The molecule has 5 nitrogen and oxygen atoms in total. The van der Waals surface area contributed by atoms with E-state index in [-0.39, 0.29) is 17.4 Å². The first-order valence-electron chi connectivity index (χ1n) is 9.45. The SMILES string of the molecule is CCCC1(C(=O)N2CCCC(CNC(=O)C3CCCN3)C2)CC1. The third-order valence-corrected chi connectivity index (χ3v) is 5.78. The molecule has 2 heterocycles. The summed E-state index contributed by atoms with van der Waals surface area (Å²) in [6.45, 7) is 5.55. The van der Waals surface area contributed by atoms with Gasteiger partial charge in [-0.05, 0) is 57.4 Å². The van der Waals surface area contributed by atoms with Crippen LogP contribution in [0.1, 0.15) is 58.3 Å². The Hall–Kier alpha value is -1.10. The van der Waals surface area contributed by atoms with Crippen molar-refractivity contribution in [3.8, 4) is 0 Å². The van der Waals surface area contributed by atoms with Crippen LogP contribution in [0.4, 0.5) is 0 Å². The number of hydrogen-bond acceptors (Lipinski definition) is 3. The quantitative estimate of drug-likeness (QED) is 0.782. The molecule has 0 aromatic heterocycles. The molecule has 2 aliphatic heterocycles. The van der Waals surface area contributed by atoms with E-state index in [9.17, 15) is 9.59 Å². The lowest BCUT2D eigenvalue weighted by Gasteiger charge is -2.35. The third-order valence-electron chi connectivity index (χ3n) is 5.78. The second-order valence-corrected chi connectivity index (χ2v) is 7.68. The molecule has 130 valence electrons. The zero-order chi connectivity index (χ0) is 16.3. The second kappa shape index (κ2) is 7.20. The number of piperidine rings is 1. The minimum absolute atomic E-state index is 0.00406. The summed E-state index contributed by atoms with van der Waals surface area (Å²) in [6, 6.07) is -0.00406. The molecular formula is C18H31N3O2. The highest BCUT2D eigenvalue weighted by Crippen LogP contribution is 2.51. The number of likely N-dealkylation sites (tertiary alicyclic amines) is 1. The summed E-state index contributed by atoms with van der Waals surface area (Å²) < 4.78 is 0.